The molecular formula is C42H56N6O5. The second-order valence-electron chi connectivity index (χ2n) is 15.6. The van der Waals surface area contributed by atoms with Gasteiger partial charge in [-0.2, -0.15) is 0 Å². The molecule has 1 spiro atoms. The van der Waals surface area contributed by atoms with Gasteiger partial charge in [-0.15, -0.1) is 0 Å². The van der Waals surface area contributed by atoms with Crippen LogP contribution in [-0.2, 0) is 32.0 Å². The summed E-state index contributed by atoms with van der Waals surface area (Å²) < 4.78 is 5.76. The van der Waals surface area contributed by atoms with Gasteiger partial charge in [0, 0.05) is 50.5 Å². The first-order valence-corrected chi connectivity index (χ1v) is 18.6. The number of carbonyl (C=O) groups is 4. The van der Waals surface area contributed by atoms with Crippen molar-refractivity contribution in [2.75, 3.05) is 65.0 Å². The van der Waals surface area contributed by atoms with Crippen LogP contribution in [0.5, 0.6) is 0 Å². The minimum atomic E-state index is -0.712. The third kappa shape index (κ3) is 9.56. The van der Waals surface area contributed by atoms with Crippen molar-refractivity contribution in [3.05, 3.63) is 102 Å². The van der Waals surface area contributed by atoms with Gasteiger partial charge in [0.25, 0.3) is 0 Å². The monoisotopic (exact) mass is 724 g/mol. The zero-order valence-electron chi connectivity index (χ0n) is 32.2. The third-order valence-corrected chi connectivity index (χ3v) is 11.1. The number of anilines is 1. The van der Waals surface area contributed by atoms with E-state index < -0.39 is 22.7 Å². The summed E-state index contributed by atoms with van der Waals surface area (Å²) in [4.78, 5) is 63.0. The van der Waals surface area contributed by atoms with Crippen molar-refractivity contribution in [3.8, 4) is 0 Å². The van der Waals surface area contributed by atoms with Crippen LogP contribution in [0.1, 0.15) is 51.7 Å². The maximum Gasteiger partial charge on any atom is 0.409 e. The maximum absolute atomic E-state index is 13.8. The number of hydrogen-bond acceptors (Lipinski definition) is 7. The Hall–Kier alpha value is -4.90. The molecular weight excluding hydrogens is 668 g/mol. The molecule has 0 radical (unpaired) electrons. The molecule has 2 fully saturated rings. The van der Waals surface area contributed by atoms with Gasteiger partial charge < -0.3 is 29.7 Å². The first-order chi connectivity index (χ1) is 25.2. The largest absolute Gasteiger partial charge is 0.448 e. The van der Waals surface area contributed by atoms with Crippen molar-refractivity contribution in [2.45, 2.75) is 70.0 Å². The number of nitrogens with zero attached hydrogens (tertiary/aromatic N) is 5. The highest BCUT2D eigenvalue weighted by Gasteiger charge is 2.51. The Bertz CT molecular complexity index is 1620. The fourth-order valence-electron chi connectivity index (χ4n) is 7.36. The Morgan fingerprint density at radius 3 is 1.66 bits per heavy atom. The zero-order valence-corrected chi connectivity index (χ0v) is 32.2. The summed E-state index contributed by atoms with van der Waals surface area (Å²) in [6.07, 6.45) is 1.84. The number of benzene rings is 3. The molecule has 1 N–H and O–H groups in total. The molecule has 0 unspecified atom stereocenters. The van der Waals surface area contributed by atoms with Crippen molar-refractivity contribution in [2.24, 2.45) is 0 Å². The van der Waals surface area contributed by atoms with Gasteiger partial charge in [0.1, 0.15) is 12.1 Å². The third-order valence-electron chi connectivity index (χ3n) is 11.1. The van der Waals surface area contributed by atoms with Crippen molar-refractivity contribution in [1.29, 1.82) is 0 Å². The highest BCUT2D eigenvalue weighted by atomic mass is 16.6. The summed E-state index contributed by atoms with van der Waals surface area (Å²) in [5, 5.41) is 2.99. The number of piperidine rings is 1. The van der Waals surface area contributed by atoms with Crippen LogP contribution in [0.2, 0.25) is 0 Å². The van der Waals surface area contributed by atoms with E-state index in [1.807, 2.05) is 94.4 Å². The number of likely N-dealkylation sites (tertiary alicyclic amines) is 1. The van der Waals surface area contributed by atoms with Gasteiger partial charge in [0.2, 0.25) is 17.7 Å². The number of carbonyl (C=O) groups excluding carboxylic acids is 4. The molecule has 0 bridgehead atoms. The molecule has 5 rings (SSSR count). The summed E-state index contributed by atoms with van der Waals surface area (Å²) >= 11 is 0. The Balaban J connectivity index is 1.21. The normalized spacial score (nSPS) is 15.7. The lowest BCUT2D eigenvalue weighted by molar-refractivity contribution is -0.139. The molecule has 0 saturated carbocycles. The fraction of sp³-hybridized carbons (Fsp3) is 0.476. The number of ether oxygens (including phenoxy) is 1. The van der Waals surface area contributed by atoms with Crippen LogP contribution in [0.15, 0.2) is 91.0 Å². The second kappa shape index (κ2) is 16.8. The average Bonchev–Trinajstić information content (AvgIpc) is 3.45. The van der Waals surface area contributed by atoms with Gasteiger partial charge in [-0.1, -0.05) is 78.9 Å². The van der Waals surface area contributed by atoms with E-state index in [4.69, 9.17) is 4.74 Å². The predicted molar refractivity (Wildman–Crippen MR) is 207 cm³/mol. The zero-order chi connectivity index (χ0) is 38.2. The molecule has 3 aromatic rings. The van der Waals surface area contributed by atoms with E-state index in [1.54, 1.807) is 33.7 Å². The van der Waals surface area contributed by atoms with Gasteiger partial charge in [-0.05, 0) is 76.6 Å². The molecule has 2 aliphatic rings. The highest BCUT2D eigenvalue weighted by Crippen LogP contribution is 2.36. The van der Waals surface area contributed by atoms with Gasteiger partial charge in [0.15, 0.2) is 0 Å². The molecule has 2 saturated heterocycles. The van der Waals surface area contributed by atoms with Crippen LogP contribution in [0.25, 0.3) is 0 Å². The maximum atomic E-state index is 13.8. The topological polar surface area (TPSA) is 106 Å². The Kier molecular flexibility index (Phi) is 12.5. The first-order valence-electron chi connectivity index (χ1n) is 18.6. The standard InChI is InChI=1S/C42H56N6O5/c1-40(2,28-33-16-10-7-11-17-33)44(5)36(49)30-46(31-37(50)45(6)41(3,4)29-34-18-12-8-13-19-34)26-27-53-39(52)47-24-22-42(23-25-47)38(51)43-32-48(42)35-20-14-9-15-21-35/h7-21H,22-32H2,1-6H3,(H,43,51). The average molecular weight is 725 g/mol. The van der Waals surface area contributed by atoms with E-state index in [2.05, 4.69) is 34.5 Å². The Morgan fingerprint density at radius 1 is 0.736 bits per heavy atom. The smallest absolute Gasteiger partial charge is 0.409 e. The lowest BCUT2D eigenvalue weighted by Crippen LogP contribution is -2.57. The molecule has 11 nitrogen and oxygen atoms in total. The van der Waals surface area contributed by atoms with Crippen LogP contribution in [0, 0.1) is 0 Å². The van der Waals surface area contributed by atoms with Crippen LogP contribution >= 0.6 is 0 Å². The number of hydrogen-bond donors (Lipinski definition) is 1. The van der Waals surface area contributed by atoms with E-state index in [1.165, 1.54) is 0 Å². The quantitative estimate of drug-likeness (QED) is 0.255. The van der Waals surface area contributed by atoms with Crippen molar-refractivity contribution in [3.63, 3.8) is 0 Å². The van der Waals surface area contributed by atoms with Gasteiger partial charge >= 0.3 is 6.09 Å². The molecule has 284 valence electrons. The Morgan fingerprint density at radius 2 is 1.19 bits per heavy atom. The highest BCUT2D eigenvalue weighted by molar-refractivity contribution is 5.93. The Labute approximate surface area is 314 Å². The molecule has 3 aromatic carbocycles. The number of para-hydroxylation sites is 1. The molecule has 0 atom stereocenters. The molecule has 2 aliphatic heterocycles. The summed E-state index contributed by atoms with van der Waals surface area (Å²) in [5.41, 5.74) is 1.55. The number of likely N-dealkylation sites (N-methyl/N-ethyl adjacent to an activating group) is 2. The van der Waals surface area contributed by atoms with Crippen molar-refractivity contribution >= 4 is 29.5 Å². The van der Waals surface area contributed by atoms with Gasteiger partial charge in [0.05, 0.1) is 19.8 Å². The number of rotatable bonds is 14. The summed E-state index contributed by atoms with van der Waals surface area (Å²) in [6.45, 7) is 9.49. The van der Waals surface area contributed by atoms with E-state index >= 15 is 0 Å². The minimum absolute atomic E-state index is 0.00586. The van der Waals surface area contributed by atoms with E-state index in [9.17, 15) is 19.2 Å². The first kappa shape index (κ1) is 39.3. The lowest BCUT2D eigenvalue weighted by Gasteiger charge is -2.43. The van der Waals surface area contributed by atoms with Crippen LogP contribution in [0.3, 0.4) is 0 Å². The summed E-state index contributed by atoms with van der Waals surface area (Å²) in [6, 6.07) is 30.0. The number of nitrogens with one attached hydrogen (secondary N) is 1. The van der Waals surface area contributed by atoms with Crippen molar-refractivity contribution in [1.82, 2.24) is 24.9 Å². The van der Waals surface area contributed by atoms with Gasteiger partial charge in [-0.3, -0.25) is 19.3 Å². The van der Waals surface area contributed by atoms with E-state index in [0.29, 0.717) is 45.4 Å². The van der Waals surface area contributed by atoms with Crippen LogP contribution < -0.4 is 10.2 Å². The minimum Gasteiger partial charge on any atom is -0.448 e. The molecule has 11 heteroatoms. The molecule has 2 heterocycles. The summed E-state index contributed by atoms with van der Waals surface area (Å²) in [7, 11) is 3.60. The lowest BCUT2D eigenvalue weighted by atomic mass is 9.86. The molecule has 0 aliphatic carbocycles. The van der Waals surface area contributed by atoms with Crippen molar-refractivity contribution < 1.29 is 23.9 Å². The summed E-state index contributed by atoms with van der Waals surface area (Å²) in [5.74, 6) is -0.279. The van der Waals surface area contributed by atoms with E-state index in [-0.39, 0.29) is 44.0 Å². The van der Waals surface area contributed by atoms with Gasteiger partial charge in [-0.25, -0.2) is 4.79 Å². The molecule has 4 amide bonds. The second-order valence-corrected chi connectivity index (χ2v) is 15.6. The number of amides is 4. The molecule has 0 aromatic heterocycles. The van der Waals surface area contributed by atoms with E-state index in [0.717, 1.165) is 16.8 Å². The molecule has 53 heavy (non-hydrogen) atoms. The SMILES string of the molecule is CN(C(=O)CN(CCOC(=O)N1CCC2(CC1)C(=O)NCN2c1ccccc1)CC(=O)N(C)C(C)(C)Cc1ccccc1)C(C)(C)Cc1ccccc1. The van der Waals surface area contributed by atoms with Crippen LogP contribution in [0.4, 0.5) is 10.5 Å². The van der Waals surface area contributed by atoms with Crippen LogP contribution in [-0.4, -0.2) is 120 Å². The fourth-order valence-corrected chi connectivity index (χ4v) is 7.36. The predicted octanol–water partition coefficient (Wildman–Crippen LogP) is 4.81.